The topological polar surface area (TPSA) is 84.2 Å². The number of nitrogens with one attached hydrogen (secondary N) is 1. The first-order chi connectivity index (χ1) is 9.12. The largest absolute Gasteiger partial charge is 0.396 e. The summed E-state index contributed by atoms with van der Waals surface area (Å²) in [5.41, 5.74) is 0. The van der Waals surface area contributed by atoms with Gasteiger partial charge in [0.15, 0.2) is 0 Å². The van der Waals surface area contributed by atoms with Gasteiger partial charge >= 0.3 is 0 Å². The fraction of sp³-hybridized carbons (Fsp3) is 0.727. The molecule has 1 aromatic rings. The first-order valence-corrected chi connectivity index (χ1v) is 8.99. The minimum atomic E-state index is -3.47. The number of sulfonamides is 1. The monoisotopic (exact) mass is 305 g/mol. The summed E-state index contributed by atoms with van der Waals surface area (Å²) < 4.78 is 28.6. The Morgan fingerprint density at radius 2 is 2.21 bits per heavy atom. The molecule has 1 aliphatic heterocycles. The van der Waals surface area contributed by atoms with Crippen LogP contribution in [0.15, 0.2) is 17.3 Å². The van der Waals surface area contributed by atoms with Crippen LogP contribution in [0.1, 0.15) is 19.3 Å². The lowest BCUT2D eigenvalue weighted by atomic mass is 10.2. The Kier molecular flexibility index (Phi) is 5.26. The molecular formula is C11H19N3O3S2. The van der Waals surface area contributed by atoms with Gasteiger partial charge in [-0.05, 0) is 30.8 Å². The Morgan fingerprint density at radius 3 is 2.89 bits per heavy atom. The number of hydrogen-bond acceptors (Lipinski definition) is 5. The Morgan fingerprint density at radius 1 is 1.47 bits per heavy atom. The van der Waals surface area contributed by atoms with Gasteiger partial charge in [-0.3, -0.25) is 4.68 Å². The van der Waals surface area contributed by atoms with Gasteiger partial charge in [0.25, 0.3) is 0 Å². The molecule has 1 fully saturated rings. The summed E-state index contributed by atoms with van der Waals surface area (Å²) in [5, 5.41) is 12.7. The highest BCUT2D eigenvalue weighted by atomic mass is 32.2. The molecule has 0 amide bonds. The molecule has 19 heavy (non-hydrogen) atoms. The SMILES string of the molecule is O=S(=O)(NC1CCSCC1)c1cnn(CCCO)c1. The number of rotatable bonds is 6. The molecule has 1 saturated heterocycles. The number of aliphatic hydroxyl groups is 1. The van der Waals surface area contributed by atoms with E-state index in [1.54, 1.807) is 4.68 Å². The summed E-state index contributed by atoms with van der Waals surface area (Å²) in [5.74, 6) is 2.01. The second kappa shape index (κ2) is 6.74. The highest BCUT2D eigenvalue weighted by molar-refractivity contribution is 7.99. The van der Waals surface area contributed by atoms with Gasteiger partial charge in [0.1, 0.15) is 4.90 Å². The summed E-state index contributed by atoms with van der Waals surface area (Å²) in [6, 6.07) is 0.0343. The van der Waals surface area contributed by atoms with Crippen molar-refractivity contribution >= 4 is 21.8 Å². The molecule has 8 heteroatoms. The summed E-state index contributed by atoms with van der Waals surface area (Å²) in [6.07, 6.45) is 5.19. The van der Waals surface area contributed by atoms with Gasteiger partial charge in [0.2, 0.25) is 10.0 Å². The van der Waals surface area contributed by atoms with E-state index in [4.69, 9.17) is 5.11 Å². The highest BCUT2D eigenvalue weighted by Gasteiger charge is 2.23. The molecular weight excluding hydrogens is 286 g/mol. The van der Waals surface area contributed by atoms with Gasteiger partial charge in [-0.15, -0.1) is 0 Å². The van der Waals surface area contributed by atoms with Gasteiger partial charge in [-0.25, -0.2) is 13.1 Å². The van der Waals surface area contributed by atoms with E-state index in [0.29, 0.717) is 13.0 Å². The van der Waals surface area contributed by atoms with E-state index in [2.05, 4.69) is 9.82 Å². The molecule has 0 saturated carbocycles. The standard InChI is InChI=1S/C11H19N3O3S2/c15-5-1-4-14-9-11(8-12-14)19(16,17)13-10-2-6-18-7-3-10/h8-10,13,15H,1-7H2. The molecule has 1 aromatic heterocycles. The minimum absolute atomic E-state index is 0.0343. The van der Waals surface area contributed by atoms with Crippen molar-refractivity contribution in [3.63, 3.8) is 0 Å². The molecule has 108 valence electrons. The Balaban J connectivity index is 1.99. The lowest BCUT2D eigenvalue weighted by Crippen LogP contribution is -2.37. The van der Waals surface area contributed by atoms with Crippen LogP contribution < -0.4 is 4.72 Å². The molecule has 1 aliphatic rings. The lowest BCUT2D eigenvalue weighted by molar-refractivity contribution is 0.277. The zero-order chi connectivity index (χ0) is 13.7. The smallest absolute Gasteiger partial charge is 0.243 e. The molecule has 2 N–H and O–H groups in total. The van der Waals surface area contributed by atoms with E-state index in [0.717, 1.165) is 24.3 Å². The van der Waals surface area contributed by atoms with E-state index < -0.39 is 10.0 Å². The average molecular weight is 305 g/mol. The van der Waals surface area contributed by atoms with Crippen LogP contribution in [-0.4, -0.2) is 47.5 Å². The predicted octanol–water partition coefficient (Wildman–Crippen LogP) is 0.439. The molecule has 0 bridgehead atoms. The van der Waals surface area contributed by atoms with Crippen LogP contribution in [0, 0.1) is 0 Å². The number of aryl methyl sites for hydroxylation is 1. The van der Waals surface area contributed by atoms with Crippen LogP contribution in [0.25, 0.3) is 0 Å². The number of aromatic nitrogens is 2. The van der Waals surface area contributed by atoms with Gasteiger partial charge < -0.3 is 5.11 Å². The Bertz CT molecular complexity index is 495. The van der Waals surface area contributed by atoms with Crippen molar-refractivity contribution < 1.29 is 13.5 Å². The number of hydrogen-bond donors (Lipinski definition) is 2. The summed E-state index contributed by atoms with van der Waals surface area (Å²) in [7, 11) is -3.47. The van der Waals surface area contributed by atoms with Gasteiger partial charge in [-0.2, -0.15) is 16.9 Å². The first kappa shape index (κ1) is 14.8. The zero-order valence-corrected chi connectivity index (χ0v) is 12.3. The van der Waals surface area contributed by atoms with Crippen LogP contribution in [-0.2, 0) is 16.6 Å². The normalized spacial score (nSPS) is 17.7. The fourth-order valence-electron chi connectivity index (χ4n) is 1.94. The maximum atomic E-state index is 12.2. The highest BCUT2D eigenvalue weighted by Crippen LogP contribution is 2.19. The van der Waals surface area contributed by atoms with Crippen LogP contribution in [0.5, 0.6) is 0 Å². The third-order valence-corrected chi connectivity index (χ3v) is 5.53. The maximum Gasteiger partial charge on any atom is 0.243 e. The minimum Gasteiger partial charge on any atom is -0.396 e. The van der Waals surface area contributed by atoms with Crippen molar-refractivity contribution in [3.05, 3.63) is 12.4 Å². The van der Waals surface area contributed by atoms with E-state index >= 15 is 0 Å². The maximum absolute atomic E-state index is 12.2. The van der Waals surface area contributed by atoms with Crippen LogP contribution in [0.3, 0.4) is 0 Å². The van der Waals surface area contributed by atoms with Crippen LogP contribution in [0.2, 0.25) is 0 Å². The fourth-order valence-corrected chi connectivity index (χ4v) is 4.30. The second-order valence-corrected chi connectivity index (χ2v) is 7.46. The summed E-state index contributed by atoms with van der Waals surface area (Å²) in [6.45, 7) is 0.589. The average Bonchev–Trinajstić information content (AvgIpc) is 2.86. The van der Waals surface area contributed by atoms with Crippen molar-refractivity contribution in [2.75, 3.05) is 18.1 Å². The van der Waals surface area contributed by atoms with Crippen molar-refractivity contribution in [2.45, 2.75) is 36.7 Å². The van der Waals surface area contributed by atoms with Crippen LogP contribution >= 0.6 is 11.8 Å². The van der Waals surface area contributed by atoms with E-state index in [9.17, 15) is 8.42 Å². The predicted molar refractivity (Wildman–Crippen MR) is 74.6 cm³/mol. The van der Waals surface area contributed by atoms with Crippen molar-refractivity contribution in [2.24, 2.45) is 0 Å². The molecule has 0 unspecified atom stereocenters. The Labute approximate surface area is 117 Å². The third kappa shape index (κ3) is 4.20. The number of thioether (sulfide) groups is 1. The molecule has 0 aromatic carbocycles. The van der Waals surface area contributed by atoms with E-state index in [-0.39, 0.29) is 17.5 Å². The van der Waals surface area contributed by atoms with Gasteiger partial charge in [-0.1, -0.05) is 0 Å². The van der Waals surface area contributed by atoms with Crippen molar-refractivity contribution in [1.82, 2.24) is 14.5 Å². The quantitative estimate of drug-likeness (QED) is 0.797. The first-order valence-electron chi connectivity index (χ1n) is 6.35. The third-order valence-electron chi connectivity index (χ3n) is 3.01. The molecule has 6 nitrogen and oxygen atoms in total. The van der Waals surface area contributed by atoms with Crippen molar-refractivity contribution in [3.8, 4) is 0 Å². The molecule has 2 rings (SSSR count). The molecule has 0 radical (unpaired) electrons. The molecule has 0 aliphatic carbocycles. The summed E-state index contributed by atoms with van der Waals surface area (Å²) in [4.78, 5) is 0.198. The lowest BCUT2D eigenvalue weighted by Gasteiger charge is -2.21. The van der Waals surface area contributed by atoms with E-state index in [1.807, 2.05) is 11.8 Å². The molecule has 0 atom stereocenters. The van der Waals surface area contributed by atoms with Gasteiger partial charge in [0.05, 0.1) is 6.20 Å². The van der Waals surface area contributed by atoms with Gasteiger partial charge in [0, 0.05) is 25.4 Å². The summed E-state index contributed by atoms with van der Waals surface area (Å²) >= 11 is 1.86. The van der Waals surface area contributed by atoms with E-state index in [1.165, 1.54) is 12.4 Å². The van der Waals surface area contributed by atoms with Crippen LogP contribution in [0.4, 0.5) is 0 Å². The zero-order valence-electron chi connectivity index (χ0n) is 10.7. The number of nitrogens with zero attached hydrogens (tertiary/aromatic N) is 2. The molecule has 2 heterocycles. The Hall–Kier alpha value is -0.570. The van der Waals surface area contributed by atoms with Crippen molar-refractivity contribution in [1.29, 1.82) is 0 Å². The second-order valence-electron chi connectivity index (χ2n) is 4.52. The molecule has 0 spiro atoms. The number of aliphatic hydroxyl groups excluding tert-OH is 1.